The molecule has 0 aliphatic carbocycles. The Morgan fingerprint density at radius 2 is 2.04 bits per heavy atom. The zero-order chi connectivity index (χ0) is 19.3. The molecule has 7 nitrogen and oxygen atoms in total. The van der Waals surface area contributed by atoms with E-state index in [0.29, 0.717) is 12.0 Å². The lowest BCUT2D eigenvalue weighted by Gasteiger charge is -2.49. The molecule has 2 amide bonds. The standard InChI is InChI=1S/C21H25N5O2/c1-25-9-6-16-19(23-13-22-16)21(25)7-10-26(11-8-21)18(27)12-17-14-4-2-3-5-15(14)20(28)24-17/h2-5,13,17H,6-12H2,1H3,(H,22,23)(H,24,28)/t17-/m1/s1. The molecule has 3 aliphatic heterocycles. The molecule has 1 saturated heterocycles. The maximum Gasteiger partial charge on any atom is 0.252 e. The topological polar surface area (TPSA) is 81.3 Å². The second kappa shape index (κ2) is 6.44. The first-order chi connectivity index (χ1) is 13.6. The van der Waals surface area contributed by atoms with E-state index in [0.717, 1.165) is 50.2 Å². The molecule has 0 unspecified atom stereocenters. The van der Waals surface area contributed by atoms with Gasteiger partial charge < -0.3 is 15.2 Å². The number of amides is 2. The fourth-order valence-electron chi connectivity index (χ4n) is 5.12. The van der Waals surface area contributed by atoms with Crippen molar-refractivity contribution in [1.29, 1.82) is 0 Å². The Bertz CT molecular complexity index is 928. The van der Waals surface area contributed by atoms with Crippen molar-refractivity contribution < 1.29 is 9.59 Å². The minimum atomic E-state index is -0.220. The summed E-state index contributed by atoms with van der Waals surface area (Å²) in [6.45, 7) is 2.45. The van der Waals surface area contributed by atoms with E-state index >= 15 is 0 Å². The summed E-state index contributed by atoms with van der Waals surface area (Å²) in [6, 6.07) is 7.31. The number of carbonyl (C=O) groups excluding carboxylic acids is 2. The van der Waals surface area contributed by atoms with E-state index in [9.17, 15) is 9.59 Å². The zero-order valence-electron chi connectivity index (χ0n) is 16.1. The fraction of sp³-hybridized carbons (Fsp3) is 0.476. The molecule has 0 radical (unpaired) electrons. The minimum absolute atomic E-state index is 0.0709. The molecular formula is C21H25N5O2. The average Bonchev–Trinajstić information content (AvgIpc) is 3.32. The number of aromatic amines is 1. The van der Waals surface area contributed by atoms with Crippen LogP contribution in [0.2, 0.25) is 0 Å². The second-order valence-corrected chi connectivity index (χ2v) is 8.13. The van der Waals surface area contributed by atoms with Crippen LogP contribution in [0.3, 0.4) is 0 Å². The third-order valence-electron chi connectivity index (χ3n) is 6.80. The van der Waals surface area contributed by atoms with Gasteiger partial charge in [-0.15, -0.1) is 0 Å². The van der Waals surface area contributed by atoms with Gasteiger partial charge in [0.15, 0.2) is 0 Å². The van der Waals surface area contributed by atoms with Crippen molar-refractivity contribution in [2.24, 2.45) is 0 Å². The highest BCUT2D eigenvalue weighted by Crippen LogP contribution is 2.41. The van der Waals surface area contributed by atoms with Crippen LogP contribution in [0.1, 0.15) is 52.6 Å². The summed E-state index contributed by atoms with van der Waals surface area (Å²) in [7, 11) is 2.17. The molecule has 0 saturated carbocycles. The van der Waals surface area contributed by atoms with Gasteiger partial charge in [-0.25, -0.2) is 4.98 Å². The first kappa shape index (κ1) is 17.4. The number of H-pyrrole nitrogens is 1. The normalized spacial score (nSPS) is 23.4. The van der Waals surface area contributed by atoms with E-state index in [4.69, 9.17) is 0 Å². The van der Waals surface area contributed by atoms with Gasteiger partial charge in [-0.3, -0.25) is 14.5 Å². The quantitative estimate of drug-likeness (QED) is 0.830. The number of aromatic nitrogens is 2. The number of rotatable bonds is 2. The predicted molar refractivity (Wildman–Crippen MR) is 104 cm³/mol. The van der Waals surface area contributed by atoms with Crippen LogP contribution in [0.4, 0.5) is 0 Å². The van der Waals surface area contributed by atoms with E-state index in [1.807, 2.05) is 29.2 Å². The summed E-state index contributed by atoms with van der Waals surface area (Å²) in [5, 5.41) is 2.95. The van der Waals surface area contributed by atoms with Crippen LogP contribution in [0.15, 0.2) is 30.6 Å². The Hall–Kier alpha value is -2.67. The number of nitrogens with zero attached hydrogens (tertiary/aromatic N) is 3. The fourth-order valence-corrected chi connectivity index (χ4v) is 5.12. The van der Waals surface area contributed by atoms with Crippen molar-refractivity contribution in [3.8, 4) is 0 Å². The van der Waals surface area contributed by atoms with Gasteiger partial charge in [0.25, 0.3) is 5.91 Å². The number of likely N-dealkylation sites (tertiary alicyclic amines) is 1. The zero-order valence-corrected chi connectivity index (χ0v) is 16.1. The van der Waals surface area contributed by atoms with Gasteiger partial charge in [-0.2, -0.15) is 0 Å². The molecule has 2 aromatic rings. The third kappa shape index (κ3) is 2.57. The van der Waals surface area contributed by atoms with Gasteiger partial charge in [-0.1, -0.05) is 18.2 Å². The lowest BCUT2D eigenvalue weighted by molar-refractivity contribution is -0.134. The van der Waals surface area contributed by atoms with E-state index in [1.54, 1.807) is 6.33 Å². The highest BCUT2D eigenvalue weighted by atomic mass is 16.2. The SMILES string of the molecule is CN1CCc2[nH]cnc2C12CCN(C(=O)C[C@H]1NC(=O)c3ccccc31)CC2. The molecule has 1 aromatic heterocycles. The van der Waals surface area contributed by atoms with Crippen LogP contribution in [-0.2, 0) is 16.8 Å². The van der Waals surface area contributed by atoms with Gasteiger partial charge in [-0.05, 0) is 31.5 Å². The lowest BCUT2D eigenvalue weighted by atomic mass is 9.79. The smallest absolute Gasteiger partial charge is 0.252 e. The number of fused-ring (bicyclic) bond motifs is 3. The number of imidazole rings is 1. The average molecular weight is 379 g/mol. The van der Waals surface area contributed by atoms with Crippen molar-refractivity contribution >= 4 is 11.8 Å². The van der Waals surface area contributed by atoms with Crippen molar-refractivity contribution in [3.05, 3.63) is 53.1 Å². The van der Waals surface area contributed by atoms with Crippen LogP contribution < -0.4 is 5.32 Å². The number of hydrogen-bond acceptors (Lipinski definition) is 4. The van der Waals surface area contributed by atoms with Crippen molar-refractivity contribution in [2.45, 2.75) is 37.3 Å². The molecular weight excluding hydrogens is 354 g/mol. The molecule has 146 valence electrons. The Morgan fingerprint density at radius 3 is 2.86 bits per heavy atom. The molecule has 0 bridgehead atoms. The van der Waals surface area contributed by atoms with Crippen LogP contribution in [0, 0.1) is 0 Å². The molecule has 5 rings (SSSR count). The van der Waals surface area contributed by atoms with Gasteiger partial charge in [0.05, 0.1) is 30.0 Å². The van der Waals surface area contributed by atoms with E-state index < -0.39 is 0 Å². The number of carbonyl (C=O) groups is 2. The maximum absolute atomic E-state index is 13.0. The Balaban J connectivity index is 1.28. The number of hydrogen-bond donors (Lipinski definition) is 2. The van der Waals surface area contributed by atoms with Gasteiger partial charge >= 0.3 is 0 Å². The first-order valence-corrected chi connectivity index (χ1v) is 10.00. The number of likely N-dealkylation sites (N-methyl/N-ethyl adjacent to an activating group) is 1. The number of nitrogens with one attached hydrogen (secondary N) is 2. The lowest BCUT2D eigenvalue weighted by Crippen LogP contribution is -2.55. The van der Waals surface area contributed by atoms with Gasteiger partial charge in [0.2, 0.25) is 5.91 Å². The number of benzene rings is 1. The largest absolute Gasteiger partial charge is 0.348 e. The van der Waals surface area contributed by atoms with Crippen molar-refractivity contribution in [2.75, 3.05) is 26.7 Å². The monoisotopic (exact) mass is 379 g/mol. The van der Waals surface area contributed by atoms with Gasteiger partial charge in [0.1, 0.15) is 0 Å². The molecule has 4 heterocycles. The van der Waals surface area contributed by atoms with Crippen molar-refractivity contribution in [1.82, 2.24) is 25.1 Å². The molecule has 3 aliphatic rings. The number of piperidine rings is 1. The Kier molecular flexibility index (Phi) is 4.01. The third-order valence-corrected chi connectivity index (χ3v) is 6.80. The van der Waals surface area contributed by atoms with Crippen LogP contribution in [-0.4, -0.2) is 58.3 Å². The van der Waals surface area contributed by atoms with Crippen LogP contribution in [0.25, 0.3) is 0 Å². The molecule has 7 heteroatoms. The molecule has 1 spiro atoms. The van der Waals surface area contributed by atoms with E-state index in [1.165, 1.54) is 5.69 Å². The predicted octanol–water partition coefficient (Wildman–Crippen LogP) is 1.59. The van der Waals surface area contributed by atoms with E-state index in [-0.39, 0.29) is 23.4 Å². The summed E-state index contributed by atoms with van der Waals surface area (Å²) in [4.78, 5) is 37.3. The summed E-state index contributed by atoms with van der Waals surface area (Å²) < 4.78 is 0. The van der Waals surface area contributed by atoms with E-state index in [2.05, 4.69) is 27.2 Å². The Morgan fingerprint density at radius 1 is 1.25 bits per heavy atom. The van der Waals surface area contributed by atoms with Crippen LogP contribution >= 0.6 is 0 Å². The van der Waals surface area contributed by atoms with Crippen molar-refractivity contribution in [3.63, 3.8) is 0 Å². The molecule has 28 heavy (non-hydrogen) atoms. The highest BCUT2D eigenvalue weighted by molar-refractivity contribution is 5.99. The summed E-state index contributed by atoms with van der Waals surface area (Å²) in [6.07, 6.45) is 4.89. The molecule has 1 atom stereocenters. The Labute approximate surface area is 164 Å². The molecule has 2 N–H and O–H groups in total. The minimum Gasteiger partial charge on any atom is -0.348 e. The van der Waals surface area contributed by atoms with Gasteiger partial charge in [0, 0.05) is 37.3 Å². The first-order valence-electron chi connectivity index (χ1n) is 10.00. The summed E-state index contributed by atoms with van der Waals surface area (Å²) in [5.41, 5.74) is 3.95. The molecule has 1 fully saturated rings. The summed E-state index contributed by atoms with van der Waals surface area (Å²) in [5.74, 6) is 0.0263. The molecule has 1 aromatic carbocycles. The highest BCUT2D eigenvalue weighted by Gasteiger charge is 2.45. The second-order valence-electron chi connectivity index (χ2n) is 8.13. The van der Waals surface area contributed by atoms with Crippen LogP contribution in [0.5, 0.6) is 0 Å². The summed E-state index contributed by atoms with van der Waals surface area (Å²) >= 11 is 0. The maximum atomic E-state index is 13.0.